The van der Waals surface area contributed by atoms with Gasteiger partial charge in [0.2, 0.25) is 5.75 Å². The fraction of sp³-hybridized carbons (Fsp3) is 0.200. The van der Waals surface area contributed by atoms with Crippen LogP contribution in [0.3, 0.4) is 0 Å². The summed E-state index contributed by atoms with van der Waals surface area (Å²) < 4.78 is 17.5. The Hall–Kier alpha value is -2.99. The summed E-state index contributed by atoms with van der Waals surface area (Å²) in [5.74, 6) is 1.51. The van der Waals surface area contributed by atoms with Gasteiger partial charge in [-0.1, -0.05) is 17.7 Å². The molecule has 0 saturated carbocycles. The summed E-state index contributed by atoms with van der Waals surface area (Å²) in [7, 11) is 4.62. The van der Waals surface area contributed by atoms with Crippen molar-refractivity contribution in [2.24, 2.45) is 0 Å². The second-order valence-electron chi connectivity index (χ2n) is 5.82. The maximum Gasteiger partial charge on any atom is 0.258 e. The van der Waals surface area contributed by atoms with Gasteiger partial charge in [-0.05, 0) is 42.3 Å². The number of hydrogen-bond donors (Lipinski definition) is 0. The van der Waals surface area contributed by atoms with Gasteiger partial charge in [-0.25, -0.2) is 4.98 Å². The van der Waals surface area contributed by atoms with Crippen molar-refractivity contribution in [1.82, 2.24) is 9.38 Å². The normalized spacial score (nSPS) is 11.5. The van der Waals surface area contributed by atoms with E-state index in [1.54, 1.807) is 44.7 Å². The molecule has 0 radical (unpaired) electrons. The molecule has 140 valence electrons. The number of pyridine rings is 1. The molecular formula is C20H19ClN2O4. The van der Waals surface area contributed by atoms with Gasteiger partial charge >= 0.3 is 0 Å². The van der Waals surface area contributed by atoms with Gasteiger partial charge in [-0.15, -0.1) is 0 Å². The molecule has 0 saturated heterocycles. The van der Waals surface area contributed by atoms with E-state index in [1.165, 1.54) is 17.6 Å². The van der Waals surface area contributed by atoms with Gasteiger partial charge in [-0.3, -0.25) is 9.20 Å². The first-order valence-corrected chi connectivity index (χ1v) is 8.53. The second-order valence-corrected chi connectivity index (χ2v) is 6.22. The Morgan fingerprint density at radius 2 is 1.78 bits per heavy atom. The molecular weight excluding hydrogens is 368 g/mol. The van der Waals surface area contributed by atoms with Crippen LogP contribution in [0.15, 0.2) is 41.3 Å². The van der Waals surface area contributed by atoms with Gasteiger partial charge in [0.1, 0.15) is 5.65 Å². The van der Waals surface area contributed by atoms with Crippen LogP contribution in [0.1, 0.15) is 16.8 Å². The molecule has 3 rings (SSSR count). The standard InChI is InChI=1S/C20H19ClN2O4/c1-12-6-5-7-23-18(24)11-15(22-20(12)23)14(21)8-13-9-16(25-2)19(27-4)17(10-13)26-3/h5-11H,1-4H3/b14-8-. The number of benzene rings is 1. The highest BCUT2D eigenvalue weighted by Crippen LogP contribution is 2.39. The molecule has 0 aliphatic heterocycles. The third kappa shape index (κ3) is 3.61. The maximum absolute atomic E-state index is 12.4. The van der Waals surface area contributed by atoms with Gasteiger partial charge < -0.3 is 14.2 Å². The summed E-state index contributed by atoms with van der Waals surface area (Å²) in [5.41, 5.74) is 2.37. The van der Waals surface area contributed by atoms with Crippen LogP contribution >= 0.6 is 11.6 Å². The molecule has 0 atom stereocenters. The first-order valence-electron chi connectivity index (χ1n) is 8.15. The first-order chi connectivity index (χ1) is 13.0. The van der Waals surface area contributed by atoms with E-state index in [4.69, 9.17) is 25.8 Å². The van der Waals surface area contributed by atoms with Crippen LogP contribution in [-0.2, 0) is 0 Å². The lowest BCUT2D eigenvalue weighted by Crippen LogP contribution is -2.15. The number of hydrogen-bond acceptors (Lipinski definition) is 5. The summed E-state index contributed by atoms with van der Waals surface area (Å²) >= 11 is 6.47. The number of nitrogens with zero attached hydrogens (tertiary/aromatic N) is 2. The van der Waals surface area contributed by atoms with E-state index in [2.05, 4.69) is 4.98 Å². The quantitative estimate of drug-likeness (QED) is 0.668. The van der Waals surface area contributed by atoms with E-state index in [-0.39, 0.29) is 5.56 Å². The van der Waals surface area contributed by atoms with Crippen molar-refractivity contribution in [3.63, 3.8) is 0 Å². The van der Waals surface area contributed by atoms with Gasteiger partial charge in [-0.2, -0.15) is 0 Å². The van der Waals surface area contributed by atoms with Crippen LogP contribution in [0.4, 0.5) is 0 Å². The molecule has 0 fully saturated rings. The van der Waals surface area contributed by atoms with E-state index >= 15 is 0 Å². The zero-order chi connectivity index (χ0) is 19.6. The Morgan fingerprint density at radius 1 is 1.11 bits per heavy atom. The zero-order valence-corrected chi connectivity index (χ0v) is 16.2. The molecule has 2 heterocycles. The molecule has 7 heteroatoms. The molecule has 0 unspecified atom stereocenters. The topological polar surface area (TPSA) is 62.1 Å². The van der Waals surface area contributed by atoms with Gasteiger partial charge in [0.25, 0.3) is 5.56 Å². The summed E-state index contributed by atoms with van der Waals surface area (Å²) in [4.78, 5) is 16.9. The van der Waals surface area contributed by atoms with Crippen LogP contribution in [-0.4, -0.2) is 30.7 Å². The van der Waals surface area contributed by atoms with Crippen molar-refractivity contribution in [2.45, 2.75) is 6.92 Å². The molecule has 0 N–H and O–H groups in total. The predicted octanol–water partition coefficient (Wildman–Crippen LogP) is 3.77. The SMILES string of the molecule is COc1cc(/C=C(\Cl)c2cc(=O)n3cccc(C)c3n2)cc(OC)c1OC. The largest absolute Gasteiger partial charge is 0.493 e. The van der Waals surface area contributed by atoms with E-state index in [0.29, 0.717) is 33.6 Å². The predicted molar refractivity (Wildman–Crippen MR) is 106 cm³/mol. The highest BCUT2D eigenvalue weighted by atomic mass is 35.5. The summed E-state index contributed by atoms with van der Waals surface area (Å²) in [6.07, 6.45) is 3.38. The lowest BCUT2D eigenvalue weighted by Gasteiger charge is -2.13. The van der Waals surface area contributed by atoms with Crippen molar-refractivity contribution in [3.8, 4) is 17.2 Å². The molecule has 2 aromatic heterocycles. The molecule has 0 bridgehead atoms. The zero-order valence-electron chi connectivity index (χ0n) is 15.4. The van der Waals surface area contributed by atoms with Crippen molar-refractivity contribution < 1.29 is 14.2 Å². The lowest BCUT2D eigenvalue weighted by atomic mass is 10.1. The first kappa shape index (κ1) is 18.8. The molecule has 6 nitrogen and oxygen atoms in total. The highest BCUT2D eigenvalue weighted by Gasteiger charge is 2.13. The Kier molecular flexibility index (Phi) is 5.37. The minimum Gasteiger partial charge on any atom is -0.493 e. The Balaban J connectivity index is 2.12. The molecule has 27 heavy (non-hydrogen) atoms. The minimum absolute atomic E-state index is 0.199. The Morgan fingerprint density at radius 3 is 2.37 bits per heavy atom. The number of fused-ring (bicyclic) bond motifs is 1. The van der Waals surface area contributed by atoms with E-state index in [9.17, 15) is 4.79 Å². The average molecular weight is 387 g/mol. The molecule has 1 aromatic carbocycles. The van der Waals surface area contributed by atoms with Crippen molar-refractivity contribution in [1.29, 1.82) is 0 Å². The number of aryl methyl sites for hydroxylation is 1. The Bertz CT molecular complexity index is 1060. The molecule has 0 aliphatic carbocycles. The molecule has 3 aromatic rings. The van der Waals surface area contributed by atoms with E-state index < -0.39 is 0 Å². The van der Waals surface area contributed by atoms with Crippen LogP contribution in [0.25, 0.3) is 16.8 Å². The van der Waals surface area contributed by atoms with E-state index in [0.717, 1.165) is 11.1 Å². The smallest absolute Gasteiger partial charge is 0.258 e. The molecule has 0 amide bonds. The minimum atomic E-state index is -0.199. The fourth-order valence-electron chi connectivity index (χ4n) is 2.79. The van der Waals surface area contributed by atoms with Crippen LogP contribution < -0.4 is 19.8 Å². The van der Waals surface area contributed by atoms with Gasteiger partial charge in [0.05, 0.1) is 32.1 Å². The fourth-order valence-corrected chi connectivity index (χ4v) is 3.01. The summed E-state index contributed by atoms with van der Waals surface area (Å²) in [5, 5.41) is 0.326. The second kappa shape index (κ2) is 7.72. The highest BCUT2D eigenvalue weighted by molar-refractivity contribution is 6.51. The molecule has 0 aliphatic rings. The third-order valence-electron chi connectivity index (χ3n) is 4.11. The third-order valence-corrected chi connectivity index (χ3v) is 4.41. The average Bonchev–Trinajstić information content (AvgIpc) is 2.67. The number of ether oxygens (including phenoxy) is 3. The number of halogens is 1. The van der Waals surface area contributed by atoms with Crippen LogP contribution in [0.5, 0.6) is 17.2 Å². The van der Waals surface area contributed by atoms with E-state index in [1.807, 2.05) is 13.0 Å². The van der Waals surface area contributed by atoms with Crippen molar-refractivity contribution >= 4 is 28.4 Å². The maximum atomic E-state index is 12.4. The summed E-state index contributed by atoms with van der Waals surface area (Å²) in [6.45, 7) is 1.89. The number of aromatic nitrogens is 2. The monoisotopic (exact) mass is 386 g/mol. The van der Waals surface area contributed by atoms with Crippen molar-refractivity contribution in [2.75, 3.05) is 21.3 Å². The Labute approximate surface area is 161 Å². The van der Waals surface area contributed by atoms with Crippen LogP contribution in [0, 0.1) is 6.92 Å². The lowest BCUT2D eigenvalue weighted by molar-refractivity contribution is 0.324. The molecule has 0 spiro atoms. The van der Waals surface area contributed by atoms with Gasteiger partial charge in [0, 0.05) is 12.3 Å². The number of rotatable bonds is 5. The van der Waals surface area contributed by atoms with Crippen LogP contribution in [0.2, 0.25) is 0 Å². The number of methoxy groups -OCH3 is 3. The van der Waals surface area contributed by atoms with Gasteiger partial charge in [0.15, 0.2) is 11.5 Å². The van der Waals surface area contributed by atoms with Crippen molar-refractivity contribution in [3.05, 3.63) is 63.7 Å². The summed E-state index contributed by atoms with van der Waals surface area (Å²) in [6, 6.07) is 8.63.